The number of nitrogens with zero attached hydrogens (tertiary/aromatic N) is 1. The fourth-order valence-electron chi connectivity index (χ4n) is 1.52. The third kappa shape index (κ3) is 3.69. The van der Waals surface area contributed by atoms with Crippen LogP contribution in [0, 0.1) is 0 Å². The molecule has 1 saturated heterocycles. The number of piperidine rings is 1. The minimum atomic E-state index is -3.54. The van der Waals surface area contributed by atoms with Gasteiger partial charge in [-0.2, -0.15) is 17.4 Å². The lowest BCUT2D eigenvalue weighted by atomic mass is 10.2. The van der Waals surface area contributed by atoms with Crippen molar-refractivity contribution < 1.29 is 18.6 Å². The van der Waals surface area contributed by atoms with Crippen LogP contribution in [0.3, 0.4) is 0 Å². The van der Waals surface area contributed by atoms with Gasteiger partial charge >= 0.3 is 0 Å². The molecule has 0 aliphatic carbocycles. The first-order chi connectivity index (χ1) is 7.10. The summed E-state index contributed by atoms with van der Waals surface area (Å²) >= 11 is 0. The fourth-order valence-corrected chi connectivity index (χ4v) is 2.98. The van der Waals surface area contributed by atoms with Crippen LogP contribution in [0.1, 0.15) is 19.3 Å². The van der Waals surface area contributed by atoms with Crippen LogP contribution in [0.25, 0.3) is 0 Å². The van der Waals surface area contributed by atoms with Gasteiger partial charge in [0.2, 0.25) is 0 Å². The van der Waals surface area contributed by atoms with Gasteiger partial charge in [0.05, 0.1) is 19.3 Å². The minimum Gasteiger partial charge on any atom is -0.395 e. The molecular weight excluding hydrogens is 220 g/mol. The van der Waals surface area contributed by atoms with Crippen LogP contribution in [0.5, 0.6) is 0 Å². The summed E-state index contributed by atoms with van der Waals surface area (Å²) in [6.45, 7) is 0.227. The second kappa shape index (κ2) is 5.76. The van der Waals surface area contributed by atoms with E-state index in [-0.39, 0.29) is 0 Å². The first-order valence-corrected chi connectivity index (χ1v) is 6.53. The molecule has 90 valence electrons. The van der Waals surface area contributed by atoms with Gasteiger partial charge < -0.3 is 10.2 Å². The largest absolute Gasteiger partial charge is 0.395 e. The average Bonchev–Trinajstić information content (AvgIpc) is 2.27. The highest BCUT2D eigenvalue weighted by Gasteiger charge is 2.25. The van der Waals surface area contributed by atoms with Gasteiger partial charge in [-0.05, 0) is 12.8 Å². The Kier molecular flexibility index (Phi) is 4.94. The molecule has 0 aromatic carbocycles. The van der Waals surface area contributed by atoms with Gasteiger partial charge in [0, 0.05) is 13.1 Å². The van der Waals surface area contributed by atoms with E-state index in [0.717, 1.165) is 19.3 Å². The molecule has 1 fully saturated rings. The molecule has 6 nitrogen and oxygen atoms in total. The van der Waals surface area contributed by atoms with Crippen molar-refractivity contribution in [2.24, 2.45) is 0 Å². The molecule has 15 heavy (non-hydrogen) atoms. The molecule has 3 N–H and O–H groups in total. The van der Waals surface area contributed by atoms with Gasteiger partial charge in [0.15, 0.2) is 0 Å². The molecule has 0 bridgehead atoms. The number of hydrogen-bond acceptors (Lipinski definition) is 4. The summed E-state index contributed by atoms with van der Waals surface area (Å²) in [7, 11) is -3.54. The van der Waals surface area contributed by atoms with Crippen molar-refractivity contribution in [2.45, 2.75) is 25.3 Å². The molecule has 1 rings (SSSR count). The molecule has 0 atom stereocenters. The van der Waals surface area contributed by atoms with Crippen LogP contribution in [-0.4, -0.2) is 55.3 Å². The molecular formula is C8H18N2O4S. The standard InChI is InChI=1S/C8H18N2O4S/c11-6-8(7-12)9-15(13,14)10-4-2-1-3-5-10/h8-9,11-12H,1-7H2. The Bertz CT molecular complexity index is 270. The molecule has 1 aliphatic rings. The van der Waals surface area contributed by atoms with Crippen LogP contribution in [0.15, 0.2) is 0 Å². The van der Waals surface area contributed by atoms with Crippen LogP contribution < -0.4 is 4.72 Å². The lowest BCUT2D eigenvalue weighted by Gasteiger charge is -2.27. The van der Waals surface area contributed by atoms with E-state index < -0.39 is 29.5 Å². The molecule has 0 spiro atoms. The van der Waals surface area contributed by atoms with Gasteiger partial charge in [0.1, 0.15) is 0 Å². The maximum Gasteiger partial charge on any atom is 0.279 e. The SMILES string of the molecule is O=S(=O)(NC(CO)CO)N1CCCCC1. The topological polar surface area (TPSA) is 89.9 Å². The summed E-state index contributed by atoms with van der Waals surface area (Å²) in [5, 5.41) is 17.6. The van der Waals surface area contributed by atoms with Gasteiger partial charge in [-0.15, -0.1) is 0 Å². The number of hydrogen-bond donors (Lipinski definition) is 3. The molecule has 0 aromatic heterocycles. The van der Waals surface area contributed by atoms with Gasteiger partial charge in [0.25, 0.3) is 10.2 Å². The van der Waals surface area contributed by atoms with Crippen LogP contribution in [-0.2, 0) is 10.2 Å². The molecule has 1 heterocycles. The molecule has 0 unspecified atom stereocenters. The van der Waals surface area contributed by atoms with E-state index in [1.165, 1.54) is 4.31 Å². The predicted molar refractivity (Wildman–Crippen MR) is 55.4 cm³/mol. The van der Waals surface area contributed by atoms with Crippen molar-refractivity contribution in [3.63, 3.8) is 0 Å². The Hall–Kier alpha value is -0.210. The highest BCUT2D eigenvalue weighted by atomic mass is 32.2. The van der Waals surface area contributed by atoms with E-state index in [0.29, 0.717) is 13.1 Å². The minimum absolute atomic E-state index is 0.399. The smallest absolute Gasteiger partial charge is 0.279 e. The lowest BCUT2D eigenvalue weighted by Crippen LogP contribution is -2.49. The van der Waals surface area contributed by atoms with Gasteiger partial charge in [-0.25, -0.2) is 0 Å². The van der Waals surface area contributed by atoms with Crippen molar-refractivity contribution in [2.75, 3.05) is 26.3 Å². The van der Waals surface area contributed by atoms with Crippen molar-refractivity contribution in [3.05, 3.63) is 0 Å². The normalized spacial score (nSPS) is 19.7. The van der Waals surface area contributed by atoms with Gasteiger partial charge in [-0.1, -0.05) is 6.42 Å². The predicted octanol–water partition coefficient (Wildman–Crippen LogP) is -1.34. The van der Waals surface area contributed by atoms with E-state index in [1.807, 2.05) is 0 Å². The fraction of sp³-hybridized carbons (Fsp3) is 1.00. The first kappa shape index (κ1) is 12.9. The number of aliphatic hydroxyl groups excluding tert-OH is 2. The van der Waals surface area contributed by atoms with Crippen molar-refractivity contribution in [1.29, 1.82) is 0 Å². The quantitative estimate of drug-likeness (QED) is 0.553. The van der Waals surface area contributed by atoms with Gasteiger partial charge in [-0.3, -0.25) is 0 Å². The summed E-state index contributed by atoms with van der Waals surface area (Å²) in [6, 6.07) is -0.808. The second-order valence-electron chi connectivity index (χ2n) is 3.64. The molecule has 0 saturated carbocycles. The summed E-state index contributed by atoms with van der Waals surface area (Å²) in [5.74, 6) is 0. The van der Waals surface area contributed by atoms with E-state index >= 15 is 0 Å². The van der Waals surface area contributed by atoms with Crippen molar-refractivity contribution >= 4 is 10.2 Å². The highest BCUT2D eigenvalue weighted by molar-refractivity contribution is 7.87. The second-order valence-corrected chi connectivity index (χ2v) is 5.35. The zero-order valence-corrected chi connectivity index (χ0v) is 9.41. The van der Waals surface area contributed by atoms with Crippen LogP contribution in [0.4, 0.5) is 0 Å². The average molecular weight is 238 g/mol. The van der Waals surface area contributed by atoms with Crippen LogP contribution in [0.2, 0.25) is 0 Å². The third-order valence-electron chi connectivity index (χ3n) is 2.41. The summed E-state index contributed by atoms with van der Waals surface area (Å²) in [4.78, 5) is 0. The monoisotopic (exact) mass is 238 g/mol. The lowest BCUT2D eigenvalue weighted by molar-refractivity contribution is 0.182. The summed E-state index contributed by atoms with van der Waals surface area (Å²) in [5.41, 5.74) is 0. The zero-order valence-electron chi connectivity index (χ0n) is 8.59. The van der Waals surface area contributed by atoms with Crippen molar-refractivity contribution in [1.82, 2.24) is 9.03 Å². The Morgan fingerprint density at radius 1 is 1.13 bits per heavy atom. The van der Waals surface area contributed by atoms with E-state index in [4.69, 9.17) is 10.2 Å². The van der Waals surface area contributed by atoms with E-state index in [9.17, 15) is 8.42 Å². The first-order valence-electron chi connectivity index (χ1n) is 5.09. The van der Waals surface area contributed by atoms with E-state index in [2.05, 4.69) is 4.72 Å². The molecule has 0 radical (unpaired) electrons. The molecule has 1 aliphatic heterocycles. The molecule has 7 heteroatoms. The molecule has 0 amide bonds. The number of aliphatic hydroxyl groups is 2. The van der Waals surface area contributed by atoms with E-state index in [1.54, 1.807) is 0 Å². The maximum atomic E-state index is 11.7. The Balaban J connectivity index is 2.56. The summed E-state index contributed by atoms with van der Waals surface area (Å²) in [6.07, 6.45) is 2.78. The van der Waals surface area contributed by atoms with Crippen LogP contribution >= 0.6 is 0 Å². The zero-order chi connectivity index (χ0) is 11.3. The Morgan fingerprint density at radius 3 is 2.13 bits per heavy atom. The maximum absolute atomic E-state index is 11.7. The highest BCUT2D eigenvalue weighted by Crippen LogP contribution is 2.11. The Labute approximate surface area is 90.1 Å². The number of rotatable bonds is 5. The summed E-state index contributed by atoms with van der Waals surface area (Å²) < 4.78 is 27.0. The number of nitrogens with one attached hydrogen (secondary N) is 1. The molecule has 0 aromatic rings. The third-order valence-corrected chi connectivity index (χ3v) is 4.09. The Morgan fingerprint density at radius 2 is 1.67 bits per heavy atom. The van der Waals surface area contributed by atoms with Crippen molar-refractivity contribution in [3.8, 4) is 0 Å².